The largest absolute Gasteiger partial charge is 0.385 e. The van der Waals surface area contributed by atoms with Gasteiger partial charge in [-0.2, -0.15) is 0 Å². The highest BCUT2D eigenvalue weighted by Crippen LogP contribution is 2.19. The van der Waals surface area contributed by atoms with E-state index in [0.29, 0.717) is 18.5 Å². The van der Waals surface area contributed by atoms with Crippen molar-refractivity contribution in [1.29, 1.82) is 0 Å². The Balaban J connectivity index is 1.76. The summed E-state index contributed by atoms with van der Waals surface area (Å²) in [6, 6.07) is 7.62. The molecule has 1 saturated heterocycles. The smallest absolute Gasteiger partial charge is 0.262 e. The van der Waals surface area contributed by atoms with Crippen molar-refractivity contribution in [3.63, 3.8) is 0 Å². The minimum Gasteiger partial charge on any atom is -0.385 e. The normalized spacial score (nSPS) is 15.7. The molecule has 0 aliphatic carbocycles. The van der Waals surface area contributed by atoms with Crippen LogP contribution < -0.4 is 5.56 Å². The summed E-state index contributed by atoms with van der Waals surface area (Å²) in [5, 5.41) is 1.53. The van der Waals surface area contributed by atoms with Gasteiger partial charge in [0.15, 0.2) is 5.16 Å². The fourth-order valence-electron chi connectivity index (χ4n) is 3.27. The average molecular weight is 362 g/mol. The summed E-state index contributed by atoms with van der Waals surface area (Å²) in [6.07, 6.45) is 4.78. The van der Waals surface area contributed by atoms with Crippen LogP contribution in [0.4, 0.5) is 0 Å². The lowest BCUT2D eigenvalue weighted by Gasteiger charge is -2.26. The Morgan fingerprint density at radius 3 is 2.76 bits per heavy atom. The lowest BCUT2D eigenvalue weighted by atomic mass is 10.1. The lowest BCUT2D eigenvalue weighted by molar-refractivity contribution is 0.189. The maximum absolute atomic E-state index is 12.9. The van der Waals surface area contributed by atoms with Crippen molar-refractivity contribution in [1.82, 2.24) is 14.5 Å². The molecular formula is C19H27N3O2S. The molecule has 1 aromatic heterocycles. The third kappa shape index (κ3) is 4.84. The van der Waals surface area contributed by atoms with Gasteiger partial charge in [0.25, 0.3) is 5.56 Å². The summed E-state index contributed by atoms with van der Waals surface area (Å²) >= 11 is 1.70. The first-order valence-corrected chi connectivity index (χ1v) is 10.1. The van der Waals surface area contributed by atoms with Crippen LogP contribution >= 0.6 is 11.8 Å². The van der Waals surface area contributed by atoms with Gasteiger partial charge >= 0.3 is 0 Å². The number of thioether (sulfide) groups is 1. The van der Waals surface area contributed by atoms with Crippen molar-refractivity contribution in [3.05, 3.63) is 34.6 Å². The Morgan fingerprint density at radius 2 is 1.96 bits per heavy atom. The minimum absolute atomic E-state index is 0.0576. The molecule has 0 radical (unpaired) electrons. The zero-order valence-corrected chi connectivity index (χ0v) is 15.8. The Kier molecular flexibility index (Phi) is 6.90. The lowest BCUT2D eigenvalue weighted by Crippen LogP contribution is -2.32. The highest BCUT2D eigenvalue weighted by molar-refractivity contribution is 7.99. The molecule has 0 amide bonds. The molecule has 0 spiro atoms. The summed E-state index contributed by atoms with van der Waals surface area (Å²) < 4.78 is 6.96. The van der Waals surface area contributed by atoms with Gasteiger partial charge in [-0.05, 0) is 44.5 Å². The number of nitrogens with zero attached hydrogens (tertiary/aromatic N) is 3. The van der Waals surface area contributed by atoms with E-state index in [-0.39, 0.29) is 5.56 Å². The molecule has 3 rings (SSSR count). The molecule has 0 atom stereocenters. The van der Waals surface area contributed by atoms with Crippen molar-refractivity contribution < 1.29 is 4.74 Å². The number of methoxy groups -OCH3 is 1. The fourth-order valence-corrected chi connectivity index (χ4v) is 4.30. The maximum Gasteiger partial charge on any atom is 0.262 e. The fraction of sp³-hybridized carbons (Fsp3) is 0.579. The second-order valence-electron chi connectivity index (χ2n) is 6.47. The van der Waals surface area contributed by atoms with E-state index >= 15 is 0 Å². The van der Waals surface area contributed by atoms with E-state index in [2.05, 4.69) is 4.90 Å². The molecule has 0 unspecified atom stereocenters. The van der Waals surface area contributed by atoms with Gasteiger partial charge in [-0.15, -0.1) is 0 Å². The summed E-state index contributed by atoms with van der Waals surface area (Å²) in [6.45, 7) is 4.76. The van der Waals surface area contributed by atoms with Crippen molar-refractivity contribution in [2.45, 2.75) is 37.4 Å². The number of piperidine rings is 1. The maximum atomic E-state index is 12.9. The molecule has 0 bridgehead atoms. The van der Waals surface area contributed by atoms with Crippen LogP contribution in [0.2, 0.25) is 0 Å². The molecule has 0 saturated carbocycles. The number of hydrogen-bond acceptors (Lipinski definition) is 5. The zero-order valence-electron chi connectivity index (χ0n) is 14.9. The molecule has 1 aromatic carbocycles. The van der Waals surface area contributed by atoms with Gasteiger partial charge in [0, 0.05) is 32.6 Å². The molecule has 136 valence electrons. The molecular weight excluding hydrogens is 334 g/mol. The van der Waals surface area contributed by atoms with Crippen molar-refractivity contribution in [2.24, 2.45) is 0 Å². The zero-order chi connectivity index (χ0) is 17.5. The molecule has 2 heterocycles. The number of rotatable bonds is 8. The first-order valence-electron chi connectivity index (χ1n) is 9.13. The van der Waals surface area contributed by atoms with E-state index in [1.54, 1.807) is 18.9 Å². The van der Waals surface area contributed by atoms with E-state index < -0.39 is 0 Å². The number of benzene rings is 1. The Morgan fingerprint density at radius 1 is 1.16 bits per heavy atom. The first kappa shape index (κ1) is 18.4. The van der Waals surface area contributed by atoms with Gasteiger partial charge in [0.1, 0.15) is 0 Å². The minimum atomic E-state index is 0.0576. The molecule has 2 aromatic rings. The van der Waals surface area contributed by atoms with Crippen LogP contribution in [0.5, 0.6) is 0 Å². The van der Waals surface area contributed by atoms with Crippen molar-refractivity contribution in [2.75, 3.05) is 39.1 Å². The standard InChI is InChI=1S/C19H27N3O2S/c1-24-14-7-12-22-18(23)16-8-3-4-9-17(16)20-19(22)25-15-13-21-10-5-2-6-11-21/h3-4,8-9H,2,5-7,10-15H2,1H3. The van der Waals surface area contributed by atoms with E-state index in [1.807, 2.05) is 28.8 Å². The van der Waals surface area contributed by atoms with E-state index in [0.717, 1.165) is 29.4 Å². The Bertz CT molecular complexity index is 741. The monoisotopic (exact) mass is 361 g/mol. The molecule has 5 nitrogen and oxygen atoms in total. The van der Waals surface area contributed by atoms with Gasteiger partial charge in [-0.25, -0.2) is 4.98 Å². The third-order valence-corrected chi connectivity index (χ3v) is 5.60. The number of aromatic nitrogens is 2. The number of fused-ring (bicyclic) bond motifs is 1. The van der Waals surface area contributed by atoms with E-state index in [9.17, 15) is 4.79 Å². The SMILES string of the molecule is COCCCn1c(SCCN2CCCCC2)nc2ccccc2c1=O. The van der Waals surface area contributed by atoms with Crippen molar-refractivity contribution in [3.8, 4) is 0 Å². The average Bonchev–Trinajstić information content (AvgIpc) is 2.65. The topological polar surface area (TPSA) is 47.4 Å². The van der Waals surface area contributed by atoms with Crippen LogP contribution in [0.15, 0.2) is 34.2 Å². The van der Waals surface area contributed by atoms with Crippen LogP contribution in [0.1, 0.15) is 25.7 Å². The van der Waals surface area contributed by atoms with E-state index in [4.69, 9.17) is 9.72 Å². The molecule has 6 heteroatoms. The van der Waals surface area contributed by atoms with Crippen LogP contribution in [-0.2, 0) is 11.3 Å². The van der Waals surface area contributed by atoms with Crippen LogP contribution in [0.3, 0.4) is 0 Å². The predicted octanol–water partition coefficient (Wildman–Crippen LogP) is 3.01. The second kappa shape index (κ2) is 9.36. The van der Waals surface area contributed by atoms with Gasteiger partial charge in [-0.1, -0.05) is 30.3 Å². The second-order valence-corrected chi connectivity index (χ2v) is 7.53. The first-order chi connectivity index (χ1) is 12.3. The van der Waals surface area contributed by atoms with Crippen LogP contribution in [-0.4, -0.2) is 53.6 Å². The molecule has 25 heavy (non-hydrogen) atoms. The van der Waals surface area contributed by atoms with Gasteiger partial charge < -0.3 is 9.64 Å². The van der Waals surface area contributed by atoms with E-state index in [1.165, 1.54) is 32.4 Å². The molecule has 0 N–H and O–H groups in total. The van der Waals surface area contributed by atoms with Gasteiger partial charge in [0.2, 0.25) is 0 Å². The van der Waals surface area contributed by atoms with Crippen molar-refractivity contribution >= 4 is 22.7 Å². The quantitative estimate of drug-likeness (QED) is 0.411. The molecule has 1 aliphatic rings. The number of para-hydroxylation sites is 1. The summed E-state index contributed by atoms with van der Waals surface area (Å²) in [4.78, 5) is 20.1. The summed E-state index contributed by atoms with van der Waals surface area (Å²) in [7, 11) is 1.69. The third-order valence-electron chi connectivity index (χ3n) is 4.64. The highest BCUT2D eigenvalue weighted by atomic mass is 32.2. The van der Waals surface area contributed by atoms with Crippen LogP contribution in [0, 0.1) is 0 Å². The highest BCUT2D eigenvalue weighted by Gasteiger charge is 2.13. The Labute approximate surface area is 153 Å². The molecule has 1 fully saturated rings. The number of ether oxygens (including phenoxy) is 1. The number of likely N-dealkylation sites (tertiary alicyclic amines) is 1. The number of hydrogen-bond donors (Lipinski definition) is 0. The Hall–Kier alpha value is -1.37. The molecule has 1 aliphatic heterocycles. The predicted molar refractivity (Wildman–Crippen MR) is 104 cm³/mol. The summed E-state index contributed by atoms with van der Waals surface area (Å²) in [5.41, 5.74) is 0.845. The van der Waals surface area contributed by atoms with Gasteiger partial charge in [0.05, 0.1) is 10.9 Å². The summed E-state index contributed by atoms with van der Waals surface area (Å²) in [5.74, 6) is 0.967. The van der Waals surface area contributed by atoms with Gasteiger partial charge in [-0.3, -0.25) is 9.36 Å². The van der Waals surface area contributed by atoms with Crippen LogP contribution in [0.25, 0.3) is 10.9 Å².